The van der Waals surface area contributed by atoms with Crippen LogP contribution in [0.15, 0.2) is 169 Å². The number of benzene rings is 6. The first-order valence-corrected chi connectivity index (χ1v) is 14.9. The Labute approximate surface area is 255 Å². The van der Waals surface area contributed by atoms with Crippen molar-refractivity contribution in [1.29, 1.82) is 0 Å². The highest BCUT2D eigenvalue weighted by atomic mass is 15.5. The minimum absolute atomic E-state index is 1.00. The average Bonchev–Trinajstić information content (AvgIpc) is 3.08. The Balaban J connectivity index is 1.45. The molecule has 43 heavy (non-hydrogen) atoms. The molecule has 0 radical (unpaired) electrons. The largest absolute Gasteiger partial charge is 0.310 e. The second-order valence-corrected chi connectivity index (χ2v) is 10.5. The highest BCUT2D eigenvalue weighted by Gasteiger charge is 2.15. The standard InChI is InChI=1S/C40H35N3/c1-2-15-32-24-27-36(28-25-32)42(35-18-9-4-10-19-35)39-29-26-34(40(30-39)33-16-7-3-8-17-33)31-41-43(37-20-11-5-12-21-37)38-22-13-6-14-23-38/h3-14,16-31H,2,15H2,1H3/b41-31+. The molecule has 0 N–H and O–H groups in total. The van der Waals surface area contributed by atoms with Crippen molar-refractivity contribution in [2.75, 3.05) is 9.91 Å². The van der Waals surface area contributed by atoms with Gasteiger partial charge in [0, 0.05) is 22.6 Å². The highest BCUT2D eigenvalue weighted by molar-refractivity contribution is 5.94. The highest BCUT2D eigenvalue weighted by Crippen LogP contribution is 2.38. The van der Waals surface area contributed by atoms with Gasteiger partial charge in [-0.2, -0.15) is 5.10 Å². The first kappa shape index (κ1) is 27.7. The van der Waals surface area contributed by atoms with E-state index in [1.54, 1.807) is 0 Å². The summed E-state index contributed by atoms with van der Waals surface area (Å²) in [6.45, 7) is 2.22. The minimum atomic E-state index is 1.00. The topological polar surface area (TPSA) is 18.8 Å². The van der Waals surface area contributed by atoms with E-state index >= 15 is 0 Å². The van der Waals surface area contributed by atoms with Crippen LogP contribution < -0.4 is 9.91 Å². The molecular formula is C40H35N3. The smallest absolute Gasteiger partial charge is 0.0652 e. The van der Waals surface area contributed by atoms with Crippen molar-refractivity contribution < 1.29 is 0 Å². The maximum absolute atomic E-state index is 5.03. The van der Waals surface area contributed by atoms with Crippen LogP contribution in [0.3, 0.4) is 0 Å². The van der Waals surface area contributed by atoms with Gasteiger partial charge in [0.15, 0.2) is 0 Å². The van der Waals surface area contributed by atoms with Crippen LogP contribution in [0, 0.1) is 0 Å². The average molecular weight is 558 g/mol. The summed E-state index contributed by atoms with van der Waals surface area (Å²) in [5.74, 6) is 0. The van der Waals surface area contributed by atoms with Gasteiger partial charge in [-0.1, -0.05) is 116 Å². The second-order valence-electron chi connectivity index (χ2n) is 10.5. The molecule has 0 unspecified atom stereocenters. The number of hydrogen-bond acceptors (Lipinski definition) is 3. The van der Waals surface area contributed by atoms with Crippen molar-refractivity contribution in [3.8, 4) is 11.1 Å². The molecule has 0 atom stereocenters. The molecule has 6 rings (SSSR count). The maximum Gasteiger partial charge on any atom is 0.0652 e. The van der Waals surface area contributed by atoms with Crippen molar-refractivity contribution in [3.63, 3.8) is 0 Å². The summed E-state index contributed by atoms with van der Waals surface area (Å²) < 4.78 is 0. The molecule has 0 aliphatic carbocycles. The fourth-order valence-electron chi connectivity index (χ4n) is 5.33. The zero-order valence-electron chi connectivity index (χ0n) is 24.4. The molecule has 0 saturated carbocycles. The molecule has 0 aromatic heterocycles. The van der Waals surface area contributed by atoms with Crippen molar-refractivity contribution in [1.82, 2.24) is 0 Å². The summed E-state index contributed by atoms with van der Waals surface area (Å²) in [5, 5.41) is 7.02. The van der Waals surface area contributed by atoms with Gasteiger partial charge in [-0.3, -0.25) is 0 Å². The predicted octanol–water partition coefficient (Wildman–Crippen LogP) is 10.9. The number of hydrogen-bond donors (Lipinski definition) is 0. The molecule has 0 amide bonds. The first-order valence-electron chi connectivity index (χ1n) is 14.9. The molecule has 6 aromatic carbocycles. The quantitative estimate of drug-likeness (QED) is 0.123. The van der Waals surface area contributed by atoms with Crippen LogP contribution in [-0.4, -0.2) is 6.21 Å². The van der Waals surface area contributed by atoms with E-state index in [-0.39, 0.29) is 0 Å². The van der Waals surface area contributed by atoms with E-state index in [4.69, 9.17) is 5.10 Å². The molecule has 0 spiro atoms. The summed E-state index contributed by atoms with van der Waals surface area (Å²) in [5.41, 5.74) is 10.0. The molecule has 6 aromatic rings. The number of para-hydroxylation sites is 3. The molecule has 210 valence electrons. The number of hydrazone groups is 1. The fourth-order valence-corrected chi connectivity index (χ4v) is 5.33. The number of aryl methyl sites for hydroxylation is 1. The zero-order valence-corrected chi connectivity index (χ0v) is 24.4. The normalized spacial score (nSPS) is 11.0. The number of rotatable bonds is 10. The van der Waals surface area contributed by atoms with Gasteiger partial charge in [-0.05, 0) is 83.8 Å². The Kier molecular flexibility index (Phi) is 8.71. The molecule has 0 aliphatic heterocycles. The van der Waals surface area contributed by atoms with Crippen LogP contribution in [0.5, 0.6) is 0 Å². The van der Waals surface area contributed by atoms with Gasteiger partial charge in [0.1, 0.15) is 0 Å². The summed E-state index contributed by atoms with van der Waals surface area (Å²) in [6, 6.07) is 57.2. The lowest BCUT2D eigenvalue weighted by atomic mass is 9.98. The van der Waals surface area contributed by atoms with Gasteiger partial charge in [-0.15, -0.1) is 0 Å². The van der Waals surface area contributed by atoms with Gasteiger partial charge >= 0.3 is 0 Å². The van der Waals surface area contributed by atoms with Gasteiger partial charge in [0.25, 0.3) is 0 Å². The van der Waals surface area contributed by atoms with Crippen LogP contribution in [0.1, 0.15) is 24.5 Å². The molecule has 0 saturated heterocycles. The van der Waals surface area contributed by atoms with Gasteiger partial charge < -0.3 is 4.90 Å². The Bertz CT molecular complexity index is 1710. The Morgan fingerprint density at radius 2 is 1.00 bits per heavy atom. The van der Waals surface area contributed by atoms with Gasteiger partial charge in [-0.25, -0.2) is 5.01 Å². The SMILES string of the molecule is CCCc1ccc(N(c2ccccc2)c2ccc(/C=N/N(c3ccccc3)c3ccccc3)c(-c3ccccc3)c2)cc1. The molecule has 0 bridgehead atoms. The van der Waals surface area contributed by atoms with Crippen molar-refractivity contribution >= 4 is 34.7 Å². The zero-order chi connectivity index (χ0) is 29.3. The van der Waals surface area contributed by atoms with Crippen LogP contribution >= 0.6 is 0 Å². The Morgan fingerprint density at radius 1 is 0.512 bits per heavy atom. The molecule has 3 nitrogen and oxygen atoms in total. The van der Waals surface area contributed by atoms with Crippen LogP contribution in [0.2, 0.25) is 0 Å². The van der Waals surface area contributed by atoms with Crippen LogP contribution in [-0.2, 0) is 6.42 Å². The Hall–Kier alpha value is -5.41. The summed E-state index contributed by atoms with van der Waals surface area (Å²) in [4.78, 5) is 2.32. The first-order chi connectivity index (χ1) is 21.3. The van der Waals surface area contributed by atoms with Crippen LogP contribution in [0.25, 0.3) is 11.1 Å². The van der Waals surface area contributed by atoms with Crippen molar-refractivity contribution in [2.24, 2.45) is 5.10 Å². The van der Waals surface area contributed by atoms with Crippen LogP contribution in [0.4, 0.5) is 28.4 Å². The molecule has 0 aliphatic rings. The minimum Gasteiger partial charge on any atom is -0.310 e. The van der Waals surface area contributed by atoms with Gasteiger partial charge in [0.05, 0.1) is 17.6 Å². The monoisotopic (exact) mass is 557 g/mol. The van der Waals surface area contributed by atoms with E-state index in [2.05, 4.69) is 139 Å². The molecule has 0 heterocycles. The summed E-state index contributed by atoms with van der Waals surface area (Å²) in [7, 11) is 0. The Morgan fingerprint density at radius 3 is 1.56 bits per heavy atom. The lowest BCUT2D eigenvalue weighted by Crippen LogP contribution is -2.11. The number of anilines is 5. The lowest BCUT2D eigenvalue weighted by molar-refractivity contribution is 0.922. The van der Waals surface area contributed by atoms with Crippen molar-refractivity contribution in [3.05, 3.63) is 175 Å². The predicted molar refractivity (Wildman–Crippen MR) is 183 cm³/mol. The fraction of sp³-hybridized carbons (Fsp3) is 0.0750. The third-order valence-corrected chi connectivity index (χ3v) is 7.44. The number of nitrogens with zero attached hydrogens (tertiary/aromatic N) is 3. The summed E-state index contributed by atoms with van der Waals surface area (Å²) in [6.07, 6.45) is 4.19. The summed E-state index contributed by atoms with van der Waals surface area (Å²) >= 11 is 0. The maximum atomic E-state index is 5.03. The molecule has 0 fully saturated rings. The van der Waals surface area contributed by atoms with E-state index in [9.17, 15) is 0 Å². The van der Waals surface area contributed by atoms with E-state index in [1.807, 2.05) is 47.6 Å². The molecular weight excluding hydrogens is 522 g/mol. The lowest BCUT2D eigenvalue weighted by Gasteiger charge is -2.26. The van der Waals surface area contributed by atoms with E-state index in [0.717, 1.165) is 58.0 Å². The van der Waals surface area contributed by atoms with Crippen molar-refractivity contribution in [2.45, 2.75) is 19.8 Å². The van der Waals surface area contributed by atoms with E-state index in [0.29, 0.717) is 0 Å². The second kappa shape index (κ2) is 13.5. The van der Waals surface area contributed by atoms with E-state index in [1.165, 1.54) is 5.56 Å². The molecule has 3 heteroatoms. The third-order valence-electron chi connectivity index (χ3n) is 7.44. The van der Waals surface area contributed by atoms with Gasteiger partial charge in [0.2, 0.25) is 0 Å². The third kappa shape index (κ3) is 6.58. The van der Waals surface area contributed by atoms with E-state index < -0.39 is 0 Å².